The van der Waals surface area contributed by atoms with Crippen molar-refractivity contribution in [2.24, 2.45) is 0 Å². The van der Waals surface area contributed by atoms with Gasteiger partial charge in [0.05, 0.1) is 92.2 Å². The first kappa shape index (κ1) is 14.1. The number of benzene rings is 10. The monoisotopic (exact) mass is 841 g/mol. The van der Waals surface area contributed by atoms with Gasteiger partial charge in [-0.15, -0.1) is 0 Å². The third kappa shape index (κ3) is 5.53. The molecule has 0 aliphatic heterocycles. The zero-order chi connectivity index (χ0) is 75.4. The summed E-state index contributed by atoms with van der Waals surface area (Å²) in [5, 5.41) is -4.32. The average molecular weight is 841 g/mol. The molecule has 294 valence electrons. The van der Waals surface area contributed by atoms with Crippen LogP contribution >= 0.6 is 0 Å². The van der Waals surface area contributed by atoms with Crippen LogP contribution in [-0.2, 0) is 0 Å². The van der Waals surface area contributed by atoms with Crippen LogP contribution in [0.2, 0.25) is 0 Å². The Balaban J connectivity index is 1.22. The van der Waals surface area contributed by atoms with E-state index in [4.69, 9.17) is 27.4 Å². The smallest absolute Gasteiger partial charge is 0.0667 e. The molecule has 0 radical (unpaired) electrons. The summed E-state index contributed by atoms with van der Waals surface area (Å²) in [7, 11) is 0. The molecule has 10 aromatic carbocycles. The van der Waals surface area contributed by atoms with E-state index in [-0.39, 0.29) is 0 Å². The van der Waals surface area contributed by atoms with Crippen molar-refractivity contribution in [1.29, 1.82) is 0 Å². The predicted octanol–water partition coefficient (Wildman–Crippen LogP) is 16.0. The highest BCUT2D eigenvalue weighted by Gasteiger charge is 2.19. The zero-order valence-corrected chi connectivity index (χ0v) is 31.3. The summed E-state index contributed by atoms with van der Waals surface area (Å²) in [6, 6.07) is -41.7. The quantitative estimate of drug-likeness (QED) is 0.158. The van der Waals surface area contributed by atoms with Crippen LogP contribution in [0.1, 0.15) is 53.5 Å². The van der Waals surface area contributed by atoms with Crippen molar-refractivity contribution in [3.63, 3.8) is 0 Å². The predicted molar refractivity (Wildman–Crippen MR) is 266 cm³/mol. The minimum absolute atomic E-state index is 0.566. The molecule has 0 saturated carbocycles. The molecule has 0 spiro atoms. The van der Waals surface area contributed by atoms with Gasteiger partial charge in [-0.05, 0) is 100 Å². The van der Waals surface area contributed by atoms with Crippen molar-refractivity contribution < 1.29 is 53.5 Å². The summed E-state index contributed by atoms with van der Waals surface area (Å²) < 4.78 is 361. The Morgan fingerprint density at radius 1 is 0.238 bits per heavy atom. The minimum Gasteiger partial charge on any atom is -0.309 e. The molecule has 0 amide bonds. The van der Waals surface area contributed by atoms with E-state index >= 15 is 0 Å². The van der Waals surface area contributed by atoms with Crippen LogP contribution in [0, 0.1) is 0 Å². The molecule has 0 saturated heterocycles. The average Bonchev–Trinajstić information content (AvgIpc) is 1.51. The second-order valence-corrected chi connectivity index (χ2v) is 13.5. The Labute approximate surface area is 419 Å². The van der Waals surface area contributed by atoms with Gasteiger partial charge < -0.3 is 13.7 Å². The number of para-hydroxylation sites is 5. The van der Waals surface area contributed by atoms with E-state index in [2.05, 4.69) is 0 Å². The number of fused-ring (bicyclic) bond motifs is 9. The van der Waals surface area contributed by atoms with Crippen LogP contribution in [0.4, 0.5) is 0 Å². The molecule has 3 aromatic heterocycles. The third-order valence-corrected chi connectivity index (χ3v) is 10.2. The number of aromatic nitrogens is 3. The lowest BCUT2D eigenvalue weighted by Gasteiger charge is -2.15. The van der Waals surface area contributed by atoms with Crippen molar-refractivity contribution in [1.82, 2.24) is 13.7 Å². The van der Waals surface area contributed by atoms with Crippen LogP contribution in [-0.4, -0.2) is 13.7 Å². The molecule has 3 heterocycles. The van der Waals surface area contributed by atoms with Crippen molar-refractivity contribution in [3.05, 3.63) is 236 Å². The molecule has 0 unspecified atom stereocenters. The van der Waals surface area contributed by atoms with Crippen molar-refractivity contribution in [3.8, 4) is 50.4 Å². The molecule has 0 N–H and O–H groups in total. The topological polar surface area (TPSA) is 14.8 Å². The Hall–Kier alpha value is -8.40. The van der Waals surface area contributed by atoms with Gasteiger partial charge in [0, 0.05) is 49.3 Å². The van der Waals surface area contributed by atoms with Crippen LogP contribution in [0.25, 0.3) is 116 Å². The third-order valence-electron chi connectivity index (χ3n) is 10.2. The molecule has 0 fully saturated rings. The largest absolute Gasteiger partial charge is 0.309 e. The molecule has 3 heteroatoms. The van der Waals surface area contributed by atoms with Gasteiger partial charge in [0.1, 0.15) is 0 Å². The van der Waals surface area contributed by atoms with Crippen LogP contribution in [0.15, 0.2) is 236 Å². The highest BCUT2D eigenvalue weighted by Crippen LogP contribution is 2.41. The van der Waals surface area contributed by atoms with E-state index in [0.29, 0.717) is 13.7 Å². The summed E-state index contributed by atoms with van der Waals surface area (Å²) in [5.41, 5.74) is -13.8. The molecule has 0 aliphatic carbocycles. The van der Waals surface area contributed by atoms with E-state index in [9.17, 15) is 26.0 Å². The SMILES string of the molecule is [2H]c1c([2H])c([2H])c(-c2c([2H])c([2H])c([2H])c(-c3c([2H])c([2H])c([2H])c(-n4c5c([2H])c([2H])c([2H])c([2H])c5c5c([2H])c([2H])c(-n6c7c([2H])c([2H])c([2H])c([2H])c7c7c([2H])c(-c8c([2H])c([2H])c([2H])c([2H])c8-n8c9c([2H])c([2H])c([2H])c([2H])c9c9c([2H])c([2H])c([2H])c([2H])c98)c([2H])c([2H])c76)c([2H])c54)c3[2H])c2[2H])c([2H])c1[2H]. The summed E-state index contributed by atoms with van der Waals surface area (Å²) in [4.78, 5) is 0. The summed E-state index contributed by atoms with van der Waals surface area (Å²) in [6.07, 6.45) is 0. The fraction of sp³-hybridized carbons (Fsp3) is 0. The van der Waals surface area contributed by atoms with Crippen LogP contribution < -0.4 is 0 Å². The van der Waals surface area contributed by atoms with E-state index in [1.165, 1.54) is 0 Å². The van der Waals surface area contributed by atoms with Gasteiger partial charge in [0.2, 0.25) is 0 Å². The molecule has 13 aromatic rings. The first-order valence-electron chi connectivity index (χ1n) is 38.0. The molecule has 0 atom stereocenters. The summed E-state index contributed by atoms with van der Waals surface area (Å²) in [5.74, 6) is 0. The van der Waals surface area contributed by atoms with Gasteiger partial charge in [0.25, 0.3) is 0 Å². The number of hydrogen-bond acceptors (Lipinski definition) is 0. The van der Waals surface area contributed by atoms with Gasteiger partial charge in [-0.2, -0.15) is 0 Å². The van der Waals surface area contributed by atoms with Gasteiger partial charge >= 0.3 is 0 Å². The second-order valence-electron chi connectivity index (χ2n) is 13.5. The lowest BCUT2D eigenvalue weighted by atomic mass is 9.99. The zero-order valence-electron chi connectivity index (χ0n) is 70.3. The van der Waals surface area contributed by atoms with Gasteiger partial charge in [-0.1, -0.05) is 163 Å². The standard InChI is InChI=1S/C60H39N3/c1-2-16-40(17-3-1)41-18-14-19-42(36-41)43-20-15-21-45(37-43)62-55-28-10-5-25-50(55)52-34-33-46(39-60(52)62)61-56-29-11-8-26-51(56)53-38-44(32-35-59(53)61)47-22-4-9-27-54(47)63-57-30-12-6-23-48(57)49-24-7-13-31-58(49)63/h1-39H/i1D,2D,3D,4D,5D,6D,7D,8D,9D,10D,11D,12D,13D,14D,15D,16D,17D,18D,19D,20D,21D,22D,23D,24D,25D,26D,27D,28D,29D,30D,31D,32D,33D,34D,35D,36D,37D,38D,39D. The first-order valence-corrected chi connectivity index (χ1v) is 18.5. The van der Waals surface area contributed by atoms with Gasteiger partial charge in [-0.25, -0.2) is 0 Å². The second kappa shape index (κ2) is 14.1. The summed E-state index contributed by atoms with van der Waals surface area (Å²) >= 11 is 0. The molecule has 0 aliphatic rings. The van der Waals surface area contributed by atoms with E-state index < -0.39 is 352 Å². The molecular formula is C60H39N3. The van der Waals surface area contributed by atoms with Crippen LogP contribution in [0.5, 0.6) is 0 Å². The fourth-order valence-corrected chi connectivity index (χ4v) is 7.54. The number of hydrogen-bond donors (Lipinski definition) is 0. The van der Waals surface area contributed by atoms with Gasteiger partial charge in [-0.3, -0.25) is 0 Å². The minimum atomic E-state index is -1.25. The molecule has 63 heavy (non-hydrogen) atoms. The van der Waals surface area contributed by atoms with E-state index in [0.717, 1.165) is 0 Å². The number of rotatable bonds is 6. The van der Waals surface area contributed by atoms with Crippen LogP contribution in [0.3, 0.4) is 0 Å². The Morgan fingerprint density at radius 2 is 0.698 bits per heavy atom. The molecule has 3 nitrogen and oxygen atoms in total. The van der Waals surface area contributed by atoms with Crippen molar-refractivity contribution in [2.45, 2.75) is 0 Å². The van der Waals surface area contributed by atoms with Crippen molar-refractivity contribution >= 4 is 65.4 Å². The lowest BCUT2D eigenvalue weighted by molar-refractivity contribution is 1.15. The normalized spacial score (nSPS) is 20.5. The van der Waals surface area contributed by atoms with Gasteiger partial charge in [0.15, 0.2) is 0 Å². The Kier molecular flexibility index (Phi) is 3.15. The number of nitrogens with zero attached hydrogens (tertiary/aromatic N) is 3. The van der Waals surface area contributed by atoms with Crippen molar-refractivity contribution in [2.75, 3.05) is 0 Å². The highest BCUT2D eigenvalue weighted by atomic mass is 15.0. The van der Waals surface area contributed by atoms with E-state index in [1.807, 2.05) is 0 Å². The summed E-state index contributed by atoms with van der Waals surface area (Å²) in [6.45, 7) is 0. The lowest BCUT2D eigenvalue weighted by Crippen LogP contribution is -1.98. The van der Waals surface area contributed by atoms with E-state index in [1.54, 1.807) is 0 Å². The highest BCUT2D eigenvalue weighted by molar-refractivity contribution is 6.13. The molecular weight excluding hydrogens is 763 g/mol. The Morgan fingerprint density at radius 3 is 1.38 bits per heavy atom. The fourth-order valence-electron chi connectivity index (χ4n) is 7.54. The molecule has 13 rings (SSSR count). The Bertz CT molecular complexity index is 6130. The maximum atomic E-state index is 10.4. The molecule has 0 bridgehead atoms. The first-order chi connectivity index (χ1) is 47.5. The maximum Gasteiger partial charge on any atom is 0.0667 e. The maximum absolute atomic E-state index is 10.4.